The molecule has 0 aromatic heterocycles. The fourth-order valence-electron chi connectivity index (χ4n) is 2.65. The van der Waals surface area contributed by atoms with Gasteiger partial charge in [0.05, 0.1) is 6.10 Å². The van der Waals surface area contributed by atoms with E-state index in [9.17, 15) is 9.90 Å². The lowest BCUT2D eigenvalue weighted by molar-refractivity contribution is -0.153. The van der Waals surface area contributed by atoms with Crippen LogP contribution in [0.1, 0.15) is 111 Å². The highest BCUT2D eigenvalue weighted by molar-refractivity contribution is 5.69. The van der Waals surface area contributed by atoms with Gasteiger partial charge in [-0.1, -0.05) is 84.0 Å². The molecule has 138 valence electrons. The molecule has 0 aliphatic rings. The number of unbranched alkanes of at least 4 members (excludes halogenated alkanes) is 12. The lowest BCUT2D eigenvalue weighted by atomic mass is 10.0. The standard InChI is InChI=1S/C20H40O3/c1-4-5-6-7-8-9-10-11-12-13-14-15-16-17-20(22)23-19(3)18(2)21/h18-19,21H,4-17H2,1-3H3/t18-,19+/m0/s1. The van der Waals surface area contributed by atoms with Crippen molar-refractivity contribution in [3.63, 3.8) is 0 Å². The Morgan fingerprint density at radius 2 is 1.17 bits per heavy atom. The van der Waals surface area contributed by atoms with Crippen molar-refractivity contribution in [3.05, 3.63) is 0 Å². The number of carbonyl (C=O) groups excluding carboxylic acids is 1. The molecule has 0 aliphatic heterocycles. The third-order valence-electron chi connectivity index (χ3n) is 4.48. The molecule has 0 aromatic carbocycles. The molecular formula is C20H40O3. The van der Waals surface area contributed by atoms with E-state index in [1.165, 1.54) is 70.6 Å². The number of carbonyl (C=O) groups is 1. The maximum absolute atomic E-state index is 11.5. The summed E-state index contributed by atoms with van der Waals surface area (Å²) in [5.74, 6) is -0.179. The van der Waals surface area contributed by atoms with Crippen molar-refractivity contribution >= 4 is 5.97 Å². The second-order valence-electron chi connectivity index (χ2n) is 6.93. The summed E-state index contributed by atoms with van der Waals surface area (Å²) in [6.07, 6.45) is 16.4. The molecule has 3 nitrogen and oxygen atoms in total. The summed E-state index contributed by atoms with van der Waals surface area (Å²) in [4.78, 5) is 11.5. The SMILES string of the molecule is CCCCCCCCCCCCCCCC(=O)O[C@H](C)[C@H](C)O. The van der Waals surface area contributed by atoms with Crippen LogP contribution >= 0.6 is 0 Å². The molecule has 0 fully saturated rings. The number of ether oxygens (including phenoxy) is 1. The van der Waals surface area contributed by atoms with Crippen LogP contribution in [0.3, 0.4) is 0 Å². The quantitative estimate of drug-likeness (QED) is 0.288. The normalized spacial score (nSPS) is 13.7. The third-order valence-corrected chi connectivity index (χ3v) is 4.48. The van der Waals surface area contributed by atoms with Crippen molar-refractivity contribution in [1.82, 2.24) is 0 Å². The van der Waals surface area contributed by atoms with Crippen molar-refractivity contribution < 1.29 is 14.6 Å². The van der Waals surface area contributed by atoms with Gasteiger partial charge in [0, 0.05) is 6.42 Å². The maximum atomic E-state index is 11.5. The molecule has 0 saturated heterocycles. The van der Waals surface area contributed by atoms with Crippen LogP contribution in [-0.4, -0.2) is 23.3 Å². The van der Waals surface area contributed by atoms with Gasteiger partial charge < -0.3 is 9.84 Å². The smallest absolute Gasteiger partial charge is 0.306 e. The van der Waals surface area contributed by atoms with Crippen LogP contribution in [0, 0.1) is 0 Å². The summed E-state index contributed by atoms with van der Waals surface area (Å²) in [5.41, 5.74) is 0. The van der Waals surface area contributed by atoms with E-state index in [0.717, 1.165) is 12.8 Å². The van der Waals surface area contributed by atoms with E-state index in [-0.39, 0.29) is 5.97 Å². The van der Waals surface area contributed by atoms with Crippen LogP contribution in [0.25, 0.3) is 0 Å². The van der Waals surface area contributed by atoms with Gasteiger partial charge in [0.25, 0.3) is 0 Å². The third kappa shape index (κ3) is 16.1. The van der Waals surface area contributed by atoms with Gasteiger partial charge in [-0.25, -0.2) is 0 Å². The van der Waals surface area contributed by atoms with E-state index in [4.69, 9.17) is 4.74 Å². The molecule has 1 N–H and O–H groups in total. The molecule has 23 heavy (non-hydrogen) atoms. The number of hydrogen-bond acceptors (Lipinski definition) is 3. The predicted molar refractivity (Wildman–Crippen MR) is 97.5 cm³/mol. The van der Waals surface area contributed by atoms with E-state index in [2.05, 4.69) is 6.92 Å². The number of hydrogen-bond donors (Lipinski definition) is 1. The van der Waals surface area contributed by atoms with Gasteiger partial charge >= 0.3 is 5.97 Å². The van der Waals surface area contributed by atoms with Crippen molar-refractivity contribution in [1.29, 1.82) is 0 Å². The fourth-order valence-corrected chi connectivity index (χ4v) is 2.65. The summed E-state index contributed by atoms with van der Waals surface area (Å²) in [5, 5.41) is 9.28. The Balaban J connectivity index is 3.20. The van der Waals surface area contributed by atoms with E-state index in [1.807, 2.05) is 0 Å². The van der Waals surface area contributed by atoms with Gasteiger partial charge in [0.2, 0.25) is 0 Å². The van der Waals surface area contributed by atoms with Gasteiger partial charge in [-0.3, -0.25) is 4.79 Å². The number of esters is 1. The molecule has 0 amide bonds. The topological polar surface area (TPSA) is 46.5 Å². The van der Waals surface area contributed by atoms with Crippen LogP contribution in [0.4, 0.5) is 0 Å². The Hall–Kier alpha value is -0.570. The Bertz CT molecular complexity index is 264. The maximum Gasteiger partial charge on any atom is 0.306 e. The van der Waals surface area contributed by atoms with Crippen molar-refractivity contribution in [3.8, 4) is 0 Å². The molecule has 0 radical (unpaired) electrons. The Kier molecular flexibility index (Phi) is 15.9. The summed E-state index contributed by atoms with van der Waals surface area (Å²) in [6.45, 7) is 5.63. The zero-order valence-electron chi connectivity index (χ0n) is 15.8. The van der Waals surface area contributed by atoms with E-state index in [1.54, 1.807) is 13.8 Å². The summed E-state index contributed by atoms with van der Waals surface area (Å²) < 4.78 is 5.13. The van der Waals surface area contributed by atoms with E-state index >= 15 is 0 Å². The van der Waals surface area contributed by atoms with E-state index < -0.39 is 12.2 Å². The Labute approximate surface area is 144 Å². The zero-order chi connectivity index (χ0) is 17.3. The molecule has 0 bridgehead atoms. The molecular weight excluding hydrogens is 288 g/mol. The largest absolute Gasteiger partial charge is 0.460 e. The van der Waals surface area contributed by atoms with Crippen LogP contribution in [0.5, 0.6) is 0 Å². The van der Waals surface area contributed by atoms with Crippen LogP contribution < -0.4 is 0 Å². The number of rotatable bonds is 16. The Morgan fingerprint density at radius 3 is 1.57 bits per heavy atom. The van der Waals surface area contributed by atoms with Crippen molar-refractivity contribution in [2.75, 3.05) is 0 Å². The molecule has 0 unspecified atom stereocenters. The second-order valence-corrected chi connectivity index (χ2v) is 6.93. The molecule has 0 spiro atoms. The first-order valence-corrected chi connectivity index (χ1v) is 9.95. The summed E-state index contributed by atoms with van der Waals surface area (Å²) in [7, 11) is 0. The van der Waals surface area contributed by atoms with Gasteiger partial charge in [-0.2, -0.15) is 0 Å². The highest BCUT2D eigenvalue weighted by Gasteiger charge is 2.13. The molecule has 2 atom stereocenters. The van der Waals surface area contributed by atoms with Crippen LogP contribution in [-0.2, 0) is 9.53 Å². The minimum atomic E-state index is -0.592. The highest BCUT2D eigenvalue weighted by atomic mass is 16.6. The first kappa shape index (κ1) is 22.4. The summed E-state index contributed by atoms with van der Waals surface area (Å²) in [6, 6.07) is 0. The second kappa shape index (κ2) is 16.3. The van der Waals surface area contributed by atoms with Gasteiger partial charge in [0.15, 0.2) is 0 Å². The first-order valence-electron chi connectivity index (χ1n) is 9.95. The number of aliphatic hydroxyl groups excluding tert-OH is 1. The molecule has 0 aliphatic carbocycles. The number of aliphatic hydroxyl groups is 1. The monoisotopic (exact) mass is 328 g/mol. The van der Waals surface area contributed by atoms with Crippen LogP contribution in [0.2, 0.25) is 0 Å². The Morgan fingerprint density at radius 1 is 0.783 bits per heavy atom. The average molecular weight is 329 g/mol. The molecule has 0 saturated carbocycles. The minimum Gasteiger partial charge on any atom is -0.460 e. The van der Waals surface area contributed by atoms with Gasteiger partial charge in [-0.05, 0) is 20.3 Å². The summed E-state index contributed by atoms with van der Waals surface area (Å²) >= 11 is 0. The molecule has 3 heteroatoms. The van der Waals surface area contributed by atoms with Crippen LogP contribution in [0.15, 0.2) is 0 Å². The minimum absolute atomic E-state index is 0.179. The van der Waals surface area contributed by atoms with Gasteiger partial charge in [0.1, 0.15) is 6.10 Å². The molecule has 0 rings (SSSR count). The predicted octanol–water partition coefficient (Wildman–Crippen LogP) is 5.78. The van der Waals surface area contributed by atoms with E-state index in [0.29, 0.717) is 6.42 Å². The van der Waals surface area contributed by atoms with Crippen molar-refractivity contribution in [2.45, 2.75) is 123 Å². The lowest BCUT2D eigenvalue weighted by Crippen LogP contribution is -2.25. The molecule has 0 heterocycles. The van der Waals surface area contributed by atoms with Crippen molar-refractivity contribution in [2.24, 2.45) is 0 Å². The fraction of sp³-hybridized carbons (Fsp3) is 0.950. The average Bonchev–Trinajstić information content (AvgIpc) is 2.51. The van der Waals surface area contributed by atoms with Gasteiger partial charge in [-0.15, -0.1) is 0 Å². The molecule has 0 aromatic rings. The highest BCUT2D eigenvalue weighted by Crippen LogP contribution is 2.13. The zero-order valence-corrected chi connectivity index (χ0v) is 15.8. The lowest BCUT2D eigenvalue weighted by Gasteiger charge is -2.15. The first-order chi connectivity index (χ1) is 11.1.